The highest BCUT2D eigenvalue weighted by atomic mass is 16.6. The van der Waals surface area contributed by atoms with Gasteiger partial charge in [0.15, 0.2) is 0 Å². The van der Waals surface area contributed by atoms with Gasteiger partial charge in [0.05, 0.1) is 11.1 Å². The number of rotatable bonds is 8. The van der Waals surface area contributed by atoms with Gasteiger partial charge in [-0.05, 0) is 71.4 Å². The number of benzene rings is 1. The molecule has 0 bridgehead atoms. The number of carbonyl (C=O) groups excluding carboxylic acids is 5. The third kappa shape index (κ3) is 6.87. The zero-order valence-corrected chi connectivity index (χ0v) is 22.7. The third-order valence-corrected chi connectivity index (χ3v) is 6.33. The van der Waals surface area contributed by atoms with Crippen LogP contribution in [-0.2, 0) is 14.3 Å². The number of carbonyl (C=O) groups is 5. The number of hydrogen-bond donors (Lipinski definition) is 3. The predicted molar refractivity (Wildman–Crippen MR) is 138 cm³/mol. The Morgan fingerprint density at radius 3 is 2.35 bits per heavy atom. The Labute approximate surface area is 217 Å². The Bertz CT molecular complexity index is 1120. The van der Waals surface area contributed by atoms with Crippen molar-refractivity contribution in [3.63, 3.8) is 0 Å². The van der Waals surface area contributed by atoms with Crippen molar-refractivity contribution in [3.05, 3.63) is 29.3 Å². The van der Waals surface area contributed by atoms with Crippen molar-refractivity contribution >= 4 is 35.4 Å². The lowest BCUT2D eigenvalue weighted by atomic mass is 9.77. The summed E-state index contributed by atoms with van der Waals surface area (Å²) >= 11 is 0. The first kappa shape index (κ1) is 28.1. The van der Waals surface area contributed by atoms with Gasteiger partial charge in [0, 0.05) is 24.2 Å². The Kier molecular flexibility index (Phi) is 7.72. The van der Waals surface area contributed by atoms with Crippen LogP contribution in [0.2, 0.25) is 0 Å². The number of nitrogens with one attached hydrogen (secondary N) is 3. The fourth-order valence-electron chi connectivity index (χ4n) is 5.13. The molecule has 3 N–H and O–H groups in total. The maximum absolute atomic E-state index is 13.4. The van der Waals surface area contributed by atoms with Crippen LogP contribution < -0.4 is 16.0 Å². The van der Waals surface area contributed by atoms with Gasteiger partial charge in [0.25, 0.3) is 11.8 Å². The average Bonchev–Trinajstić information content (AvgIpc) is 2.97. The molecule has 0 aliphatic carbocycles. The van der Waals surface area contributed by atoms with Gasteiger partial charge in [-0.2, -0.15) is 0 Å². The lowest BCUT2D eigenvalue weighted by Crippen LogP contribution is -2.54. The van der Waals surface area contributed by atoms with Crippen LogP contribution in [0.15, 0.2) is 18.2 Å². The van der Waals surface area contributed by atoms with E-state index in [1.54, 1.807) is 18.2 Å². The molecule has 2 aliphatic heterocycles. The fourth-order valence-corrected chi connectivity index (χ4v) is 5.13. The molecule has 10 nitrogen and oxygen atoms in total. The number of fused-ring (bicyclic) bond motifs is 1. The Hall–Kier alpha value is -3.43. The molecule has 0 spiro atoms. The molecule has 3 rings (SSSR count). The Morgan fingerprint density at radius 2 is 1.73 bits per heavy atom. The molecule has 2 heterocycles. The average molecular weight is 515 g/mol. The molecule has 202 valence electrons. The van der Waals surface area contributed by atoms with Crippen molar-refractivity contribution in [2.45, 2.75) is 91.3 Å². The summed E-state index contributed by atoms with van der Waals surface area (Å²) < 4.78 is 5.29. The smallest absolute Gasteiger partial charge is 0.407 e. The number of imide groups is 2. The minimum Gasteiger partial charge on any atom is -0.444 e. The number of piperidine rings is 1. The van der Waals surface area contributed by atoms with E-state index in [0.717, 1.165) is 4.90 Å². The first-order valence-corrected chi connectivity index (χ1v) is 12.6. The molecule has 1 unspecified atom stereocenters. The minimum absolute atomic E-state index is 0.0693. The van der Waals surface area contributed by atoms with E-state index in [1.165, 1.54) is 0 Å². The molecule has 1 atom stereocenters. The van der Waals surface area contributed by atoms with Gasteiger partial charge in [0.1, 0.15) is 11.6 Å². The molecule has 5 amide bonds. The van der Waals surface area contributed by atoms with E-state index in [-0.39, 0.29) is 29.4 Å². The second-order valence-electron chi connectivity index (χ2n) is 12.2. The third-order valence-electron chi connectivity index (χ3n) is 6.33. The second kappa shape index (κ2) is 10.1. The molecule has 0 saturated carbocycles. The summed E-state index contributed by atoms with van der Waals surface area (Å²) in [6, 6.07) is 4.01. The maximum Gasteiger partial charge on any atom is 0.407 e. The van der Waals surface area contributed by atoms with Crippen LogP contribution in [0, 0.1) is 5.41 Å². The Balaban J connectivity index is 1.69. The molecule has 2 aliphatic rings. The number of hydrogen-bond acceptors (Lipinski definition) is 7. The highest BCUT2D eigenvalue weighted by Gasteiger charge is 2.46. The minimum atomic E-state index is -1.01. The fraction of sp³-hybridized carbons (Fsp3) is 0.593. The molecular formula is C27H38N4O6. The van der Waals surface area contributed by atoms with Crippen LogP contribution in [0.4, 0.5) is 10.5 Å². The van der Waals surface area contributed by atoms with E-state index in [4.69, 9.17) is 4.74 Å². The molecule has 1 aromatic rings. The van der Waals surface area contributed by atoms with Gasteiger partial charge in [-0.1, -0.05) is 19.9 Å². The van der Waals surface area contributed by atoms with Gasteiger partial charge < -0.3 is 15.4 Å². The summed E-state index contributed by atoms with van der Waals surface area (Å²) in [6.07, 6.45) is 1.11. The molecule has 0 radical (unpaired) electrons. The first-order chi connectivity index (χ1) is 17.0. The molecule has 1 saturated heterocycles. The highest BCUT2D eigenvalue weighted by molar-refractivity contribution is 6.25. The first-order valence-electron chi connectivity index (χ1n) is 12.6. The monoisotopic (exact) mass is 514 g/mol. The summed E-state index contributed by atoms with van der Waals surface area (Å²) in [5.41, 5.74) is -0.240. The van der Waals surface area contributed by atoms with Crippen molar-refractivity contribution in [3.8, 4) is 0 Å². The molecule has 1 fully saturated rings. The van der Waals surface area contributed by atoms with E-state index in [9.17, 15) is 24.0 Å². The number of alkyl carbamates (subject to hydrolysis) is 1. The number of anilines is 1. The number of ether oxygens (including phenoxy) is 1. The largest absolute Gasteiger partial charge is 0.444 e. The van der Waals surface area contributed by atoms with E-state index in [2.05, 4.69) is 29.8 Å². The van der Waals surface area contributed by atoms with Gasteiger partial charge in [0.2, 0.25) is 11.8 Å². The number of nitrogens with zero attached hydrogens (tertiary/aromatic N) is 1. The van der Waals surface area contributed by atoms with Crippen molar-refractivity contribution in [2.24, 2.45) is 5.41 Å². The summed E-state index contributed by atoms with van der Waals surface area (Å²) in [7, 11) is 0. The van der Waals surface area contributed by atoms with Crippen LogP contribution in [0.5, 0.6) is 0 Å². The SMILES string of the molecule is CC(C)(CCNC(=O)OC(C)(C)C)CC(C)(C)Nc1cccc2c1C(=O)N(C1CCC(=O)NC1=O)C2=O. The lowest BCUT2D eigenvalue weighted by Gasteiger charge is -2.37. The number of amides is 5. The van der Waals surface area contributed by atoms with Crippen LogP contribution in [0.25, 0.3) is 0 Å². The van der Waals surface area contributed by atoms with Gasteiger partial charge in [-0.25, -0.2) is 4.79 Å². The predicted octanol–water partition coefficient (Wildman–Crippen LogP) is 3.61. The highest BCUT2D eigenvalue weighted by Crippen LogP contribution is 2.37. The van der Waals surface area contributed by atoms with Gasteiger partial charge in [-0.15, -0.1) is 0 Å². The van der Waals surface area contributed by atoms with Crippen LogP contribution in [-0.4, -0.2) is 58.3 Å². The van der Waals surface area contributed by atoms with Crippen LogP contribution in [0.3, 0.4) is 0 Å². The Morgan fingerprint density at radius 1 is 1.05 bits per heavy atom. The lowest BCUT2D eigenvalue weighted by molar-refractivity contribution is -0.136. The normalized spacial score (nSPS) is 18.5. The van der Waals surface area contributed by atoms with Crippen LogP contribution in [0.1, 0.15) is 94.9 Å². The summed E-state index contributed by atoms with van der Waals surface area (Å²) in [5.74, 6) is -2.13. The molecule has 1 aromatic carbocycles. The second-order valence-corrected chi connectivity index (χ2v) is 12.2. The quantitative estimate of drug-likeness (QED) is 0.451. The molecular weight excluding hydrogens is 476 g/mol. The van der Waals surface area contributed by atoms with Crippen molar-refractivity contribution < 1.29 is 28.7 Å². The van der Waals surface area contributed by atoms with Gasteiger partial charge >= 0.3 is 6.09 Å². The van der Waals surface area contributed by atoms with E-state index in [1.807, 2.05) is 34.6 Å². The summed E-state index contributed by atoms with van der Waals surface area (Å²) in [5, 5.41) is 8.44. The molecule has 0 aromatic heterocycles. The summed E-state index contributed by atoms with van der Waals surface area (Å²) in [6.45, 7) is 14.1. The maximum atomic E-state index is 13.4. The zero-order valence-electron chi connectivity index (χ0n) is 22.7. The molecule has 37 heavy (non-hydrogen) atoms. The van der Waals surface area contributed by atoms with Crippen molar-refractivity contribution in [2.75, 3.05) is 11.9 Å². The van der Waals surface area contributed by atoms with E-state index >= 15 is 0 Å². The van der Waals surface area contributed by atoms with E-state index in [0.29, 0.717) is 25.1 Å². The van der Waals surface area contributed by atoms with E-state index < -0.39 is 46.9 Å². The molecule has 10 heteroatoms. The topological polar surface area (TPSA) is 134 Å². The van der Waals surface area contributed by atoms with Gasteiger partial charge in [-0.3, -0.25) is 29.4 Å². The van der Waals surface area contributed by atoms with Crippen molar-refractivity contribution in [1.82, 2.24) is 15.5 Å². The standard InChI is InChI=1S/C27H38N4O6/c1-25(2,3)37-24(36)28-14-13-26(4,5)15-27(6,7)30-17-10-8-9-16-20(17)23(35)31(22(16)34)18-11-12-19(32)29-21(18)33/h8-10,18,30H,11-15H2,1-7H3,(H,28,36)(H,29,32,33). The van der Waals surface area contributed by atoms with Crippen molar-refractivity contribution in [1.29, 1.82) is 0 Å². The summed E-state index contributed by atoms with van der Waals surface area (Å²) in [4.78, 5) is 63.3. The van der Waals surface area contributed by atoms with Crippen LogP contribution >= 0.6 is 0 Å². The zero-order chi connectivity index (χ0) is 27.8.